The van der Waals surface area contributed by atoms with Gasteiger partial charge in [0.25, 0.3) is 0 Å². The number of likely N-dealkylation sites (tertiary alicyclic amines) is 1. The van der Waals surface area contributed by atoms with Crippen LogP contribution in [0.5, 0.6) is 5.75 Å². The van der Waals surface area contributed by atoms with Crippen molar-refractivity contribution >= 4 is 17.3 Å². The molecule has 4 rings (SSSR count). The van der Waals surface area contributed by atoms with Crippen molar-refractivity contribution in [3.63, 3.8) is 0 Å². The summed E-state index contributed by atoms with van der Waals surface area (Å²) in [5, 5.41) is 0. The molecule has 2 aliphatic heterocycles. The standard InChI is InChI=1S/C22H25NOS/c1-4-24-16-9-10-19-21(13-16)25-20-8-6-5-7-18(20)22(19)17-11-12-23(3)14-15(17)2/h5-10,13,15H,4,11-12,14H2,1-3H3. The van der Waals surface area contributed by atoms with Gasteiger partial charge in [-0.25, -0.2) is 0 Å². The minimum Gasteiger partial charge on any atom is -0.494 e. The molecule has 2 heterocycles. The number of rotatable bonds is 2. The van der Waals surface area contributed by atoms with Crippen molar-refractivity contribution in [2.24, 2.45) is 5.92 Å². The van der Waals surface area contributed by atoms with Crippen molar-refractivity contribution < 1.29 is 4.74 Å². The fourth-order valence-electron chi connectivity index (χ4n) is 4.02. The van der Waals surface area contributed by atoms with Crippen LogP contribution < -0.4 is 4.74 Å². The molecule has 0 radical (unpaired) electrons. The third kappa shape index (κ3) is 3.11. The Balaban J connectivity index is 1.89. The predicted molar refractivity (Wildman–Crippen MR) is 105 cm³/mol. The Bertz CT molecular complexity index is 827. The second-order valence-electron chi connectivity index (χ2n) is 7.00. The molecule has 130 valence electrons. The first-order chi connectivity index (χ1) is 12.2. The van der Waals surface area contributed by atoms with Crippen LogP contribution in [0.25, 0.3) is 5.57 Å². The summed E-state index contributed by atoms with van der Waals surface area (Å²) < 4.78 is 5.74. The van der Waals surface area contributed by atoms with Crippen LogP contribution in [0.2, 0.25) is 0 Å². The average molecular weight is 352 g/mol. The molecular formula is C22H25NOS. The third-order valence-electron chi connectivity index (χ3n) is 5.17. The zero-order chi connectivity index (χ0) is 17.4. The van der Waals surface area contributed by atoms with Gasteiger partial charge < -0.3 is 9.64 Å². The summed E-state index contributed by atoms with van der Waals surface area (Å²) in [5.74, 6) is 1.55. The fourth-order valence-corrected chi connectivity index (χ4v) is 5.14. The lowest BCUT2D eigenvalue weighted by atomic mass is 9.83. The van der Waals surface area contributed by atoms with E-state index >= 15 is 0 Å². The van der Waals surface area contributed by atoms with E-state index in [4.69, 9.17) is 4.74 Å². The molecule has 0 aliphatic carbocycles. The molecule has 2 aliphatic rings. The number of fused-ring (bicyclic) bond motifs is 2. The minimum absolute atomic E-state index is 0.587. The van der Waals surface area contributed by atoms with Crippen LogP contribution >= 0.6 is 11.8 Å². The van der Waals surface area contributed by atoms with Crippen LogP contribution in [0, 0.1) is 5.92 Å². The molecule has 1 unspecified atom stereocenters. The minimum atomic E-state index is 0.587. The van der Waals surface area contributed by atoms with Gasteiger partial charge in [-0.2, -0.15) is 0 Å². The van der Waals surface area contributed by atoms with Crippen LogP contribution in [-0.4, -0.2) is 31.6 Å². The summed E-state index contributed by atoms with van der Waals surface area (Å²) in [5.41, 5.74) is 5.85. The molecule has 0 N–H and O–H groups in total. The molecule has 0 spiro atoms. The van der Waals surface area contributed by atoms with Gasteiger partial charge in [0, 0.05) is 22.9 Å². The van der Waals surface area contributed by atoms with Crippen LogP contribution in [0.1, 0.15) is 31.4 Å². The van der Waals surface area contributed by atoms with Gasteiger partial charge in [-0.05, 0) is 67.3 Å². The summed E-state index contributed by atoms with van der Waals surface area (Å²) in [6.07, 6.45) is 1.15. The van der Waals surface area contributed by atoms with E-state index in [9.17, 15) is 0 Å². The number of benzene rings is 2. The Kier molecular flexibility index (Phi) is 4.61. The molecule has 0 aromatic heterocycles. The molecule has 0 saturated carbocycles. The fraction of sp³-hybridized carbons (Fsp3) is 0.364. The first-order valence-electron chi connectivity index (χ1n) is 9.13. The summed E-state index contributed by atoms with van der Waals surface area (Å²) in [7, 11) is 2.23. The third-order valence-corrected chi connectivity index (χ3v) is 6.31. The Morgan fingerprint density at radius 1 is 1.12 bits per heavy atom. The first kappa shape index (κ1) is 16.7. The Hall–Kier alpha value is -1.71. The van der Waals surface area contributed by atoms with Crippen molar-refractivity contribution in [1.82, 2.24) is 4.90 Å². The van der Waals surface area contributed by atoms with Crippen molar-refractivity contribution in [3.8, 4) is 5.75 Å². The first-order valence-corrected chi connectivity index (χ1v) is 9.95. The molecule has 1 atom stereocenters. The highest BCUT2D eigenvalue weighted by atomic mass is 32.2. The van der Waals surface area contributed by atoms with E-state index in [-0.39, 0.29) is 0 Å². The maximum atomic E-state index is 5.74. The zero-order valence-corrected chi connectivity index (χ0v) is 16.0. The summed E-state index contributed by atoms with van der Waals surface area (Å²) in [4.78, 5) is 5.12. The molecule has 0 bridgehead atoms. The van der Waals surface area contributed by atoms with Gasteiger partial charge in [0.1, 0.15) is 5.75 Å². The SMILES string of the molecule is CCOc1ccc2c(c1)Sc1ccccc1C2=C1CCN(C)CC1C. The van der Waals surface area contributed by atoms with Crippen LogP contribution in [0.3, 0.4) is 0 Å². The van der Waals surface area contributed by atoms with E-state index in [0.717, 1.165) is 25.3 Å². The van der Waals surface area contributed by atoms with Gasteiger partial charge in [-0.3, -0.25) is 0 Å². The zero-order valence-electron chi connectivity index (χ0n) is 15.2. The molecule has 2 aromatic carbocycles. The van der Waals surface area contributed by atoms with Gasteiger partial charge >= 0.3 is 0 Å². The van der Waals surface area contributed by atoms with Gasteiger partial charge in [0.2, 0.25) is 0 Å². The van der Waals surface area contributed by atoms with Crippen LogP contribution in [-0.2, 0) is 0 Å². The number of nitrogens with zero attached hydrogens (tertiary/aromatic N) is 1. The highest BCUT2D eigenvalue weighted by Gasteiger charge is 2.28. The summed E-state index contributed by atoms with van der Waals surface area (Å²) in [6.45, 7) is 7.40. The van der Waals surface area contributed by atoms with Crippen LogP contribution in [0.4, 0.5) is 0 Å². The van der Waals surface area contributed by atoms with E-state index in [1.165, 1.54) is 26.5 Å². The van der Waals surface area contributed by atoms with Gasteiger partial charge in [0.15, 0.2) is 0 Å². The van der Waals surface area contributed by atoms with E-state index in [1.54, 1.807) is 5.57 Å². The van der Waals surface area contributed by atoms with Crippen LogP contribution in [0.15, 0.2) is 57.8 Å². The van der Waals surface area contributed by atoms with Crippen molar-refractivity contribution in [2.45, 2.75) is 30.1 Å². The average Bonchev–Trinajstić information content (AvgIpc) is 2.60. The van der Waals surface area contributed by atoms with E-state index in [2.05, 4.69) is 61.3 Å². The lowest BCUT2D eigenvalue weighted by Gasteiger charge is -2.34. The monoisotopic (exact) mass is 351 g/mol. The highest BCUT2D eigenvalue weighted by Crippen LogP contribution is 2.49. The van der Waals surface area contributed by atoms with Crippen molar-refractivity contribution in [2.75, 3.05) is 26.7 Å². The molecule has 3 heteroatoms. The lowest BCUT2D eigenvalue weighted by molar-refractivity contribution is 0.268. The second kappa shape index (κ2) is 6.89. The smallest absolute Gasteiger partial charge is 0.120 e. The highest BCUT2D eigenvalue weighted by molar-refractivity contribution is 7.99. The molecule has 2 aromatic rings. The molecule has 1 saturated heterocycles. The normalized spacial score (nSPS) is 23.1. The maximum absolute atomic E-state index is 5.74. The molecule has 0 amide bonds. The quantitative estimate of drug-likeness (QED) is 0.620. The maximum Gasteiger partial charge on any atom is 0.120 e. The molecule has 2 nitrogen and oxygen atoms in total. The summed E-state index contributed by atoms with van der Waals surface area (Å²) >= 11 is 1.87. The number of hydrogen-bond acceptors (Lipinski definition) is 3. The van der Waals surface area contributed by atoms with Gasteiger partial charge in [-0.1, -0.05) is 42.5 Å². The largest absolute Gasteiger partial charge is 0.494 e. The predicted octanol–water partition coefficient (Wildman–Crippen LogP) is 5.32. The Labute approximate surface area is 154 Å². The van der Waals surface area contributed by atoms with Gasteiger partial charge in [0.05, 0.1) is 6.61 Å². The van der Waals surface area contributed by atoms with E-state index < -0.39 is 0 Å². The Morgan fingerprint density at radius 3 is 2.72 bits per heavy atom. The molecular weight excluding hydrogens is 326 g/mol. The van der Waals surface area contributed by atoms with Crippen molar-refractivity contribution in [1.29, 1.82) is 0 Å². The van der Waals surface area contributed by atoms with E-state index in [0.29, 0.717) is 12.5 Å². The number of ether oxygens (including phenoxy) is 1. The van der Waals surface area contributed by atoms with Gasteiger partial charge in [-0.15, -0.1) is 0 Å². The lowest BCUT2D eigenvalue weighted by Crippen LogP contribution is -2.33. The second-order valence-corrected chi connectivity index (χ2v) is 8.09. The van der Waals surface area contributed by atoms with E-state index in [1.807, 2.05) is 18.7 Å². The van der Waals surface area contributed by atoms with Crippen molar-refractivity contribution in [3.05, 3.63) is 59.2 Å². The molecule has 25 heavy (non-hydrogen) atoms. The Morgan fingerprint density at radius 2 is 1.92 bits per heavy atom. The number of hydrogen-bond donors (Lipinski definition) is 0. The molecule has 1 fully saturated rings. The topological polar surface area (TPSA) is 12.5 Å². The number of piperidine rings is 1. The summed E-state index contributed by atoms with van der Waals surface area (Å²) in [6, 6.07) is 15.4.